The van der Waals surface area contributed by atoms with E-state index in [0.717, 1.165) is 22.7 Å². The average molecular weight is 320 g/mol. The number of rotatable bonds is 0. The molecule has 1 nitrogen and oxygen atoms in total. The molecule has 0 radical (unpaired) electrons. The Bertz CT molecular complexity index is 448. The van der Waals surface area contributed by atoms with Gasteiger partial charge in [-0.2, -0.15) is 0 Å². The van der Waals surface area contributed by atoms with Crippen LogP contribution in [0.5, 0.6) is 0 Å². The van der Waals surface area contributed by atoms with E-state index >= 15 is 0 Å². The van der Waals surface area contributed by atoms with Gasteiger partial charge >= 0.3 is 0 Å². The molecule has 0 saturated heterocycles. The third kappa shape index (κ3) is 1.37. The van der Waals surface area contributed by atoms with Crippen molar-refractivity contribution in [3.8, 4) is 0 Å². The highest BCUT2D eigenvalue weighted by Crippen LogP contribution is 2.54. The number of carbonyl (C=O) groups excluding carboxylic acids is 1. The van der Waals surface area contributed by atoms with Gasteiger partial charge in [0.2, 0.25) is 0 Å². The molecule has 2 aliphatic rings. The molecule has 0 aliphatic heterocycles. The van der Waals surface area contributed by atoms with Crippen LogP contribution >= 0.6 is 38.9 Å². The van der Waals surface area contributed by atoms with Gasteiger partial charge in [-0.15, -0.1) is 11.3 Å². The summed E-state index contributed by atoms with van der Waals surface area (Å²) in [6, 6.07) is 1.85. The molecule has 1 saturated carbocycles. The zero-order valence-corrected chi connectivity index (χ0v) is 11.9. The quantitative estimate of drug-likeness (QED) is 0.641. The van der Waals surface area contributed by atoms with Gasteiger partial charge in [0.1, 0.15) is 0 Å². The van der Waals surface area contributed by atoms with Crippen LogP contribution in [0.3, 0.4) is 0 Å². The zero-order chi connectivity index (χ0) is 11.3. The highest BCUT2D eigenvalue weighted by Gasteiger charge is 2.52. The van der Waals surface area contributed by atoms with Crippen molar-refractivity contribution in [3.05, 3.63) is 20.8 Å². The van der Waals surface area contributed by atoms with Crippen molar-refractivity contribution in [3.63, 3.8) is 0 Å². The first kappa shape index (κ1) is 11.2. The van der Waals surface area contributed by atoms with Crippen LogP contribution in [-0.2, 0) is 5.41 Å². The molecule has 0 amide bonds. The van der Waals surface area contributed by atoms with Crippen LogP contribution in [0.25, 0.3) is 0 Å². The molecule has 16 heavy (non-hydrogen) atoms. The molecule has 2 aliphatic carbocycles. The van der Waals surface area contributed by atoms with Crippen LogP contribution in [-0.4, -0.2) is 10.6 Å². The summed E-state index contributed by atoms with van der Waals surface area (Å²) in [4.78, 5) is 13.4. The van der Waals surface area contributed by atoms with E-state index in [1.165, 1.54) is 24.1 Å². The fourth-order valence-corrected chi connectivity index (χ4v) is 5.67. The first-order valence-electron chi connectivity index (χ1n) is 5.63. The normalized spacial score (nSPS) is 27.4. The number of halogens is 2. The van der Waals surface area contributed by atoms with Crippen molar-refractivity contribution in [2.45, 2.75) is 42.3 Å². The Morgan fingerprint density at radius 2 is 2.06 bits per heavy atom. The topological polar surface area (TPSA) is 17.1 Å². The maximum Gasteiger partial charge on any atom is 0.178 e. The number of fused-ring (bicyclic) bond motifs is 2. The van der Waals surface area contributed by atoms with E-state index in [1.54, 1.807) is 11.3 Å². The number of Topliss-reactive ketones (excluding diaryl/α,β-unsaturated/α-hetero) is 1. The monoisotopic (exact) mass is 318 g/mol. The molecule has 1 aromatic heterocycles. The zero-order valence-electron chi connectivity index (χ0n) is 8.76. The van der Waals surface area contributed by atoms with Gasteiger partial charge in [-0.05, 0) is 18.9 Å². The molecule has 1 unspecified atom stereocenters. The summed E-state index contributed by atoms with van der Waals surface area (Å²) in [6.45, 7) is 0. The van der Waals surface area contributed by atoms with Crippen molar-refractivity contribution in [1.82, 2.24) is 0 Å². The largest absolute Gasteiger partial charge is 0.293 e. The molecule has 1 atom stereocenters. The standard InChI is InChI=1S/C12H12BrClOS/c13-10-9(15)7-6-8(14)16-11(7)12(10)4-2-1-3-5-12/h6,10H,1-5H2. The lowest BCUT2D eigenvalue weighted by atomic mass is 9.73. The van der Waals surface area contributed by atoms with Gasteiger partial charge in [0.05, 0.1) is 9.16 Å². The Morgan fingerprint density at radius 1 is 1.38 bits per heavy atom. The summed E-state index contributed by atoms with van der Waals surface area (Å²) in [5.41, 5.74) is 0.932. The molecule has 1 spiro atoms. The van der Waals surface area contributed by atoms with E-state index in [1.807, 2.05) is 6.07 Å². The summed E-state index contributed by atoms with van der Waals surface area (Å²) < 4.78 is 0.752. The van der Waals surface area contributed by atoms with Crippen LogP contribution in [0.2, 0.25) is 4.34 Å². The average Bonchev–Trinajstić information content (AvgIpc) is 2.76. The van der Waals surface area contributed by atoms with Gasteiger partial charge in [0, 0.05) is 15.9 Å². The molecule has 1 aromatic rings. The predicted octanol–water partition coefficient (Wildman–Crippen LogP) is 4.56. The molecular weight excluding hydrogens is 308 g/mol. The molecule has 1 fully saturated rings. The molecule has 0 N–H and O–H groups in total. The maximum atomic E-state index is 12.2. The number of ketones is 1. The first-order chi connectivity index (χ1) is 7.65. The number of carbonyl (C=O) groups is 1. The molecule has 4 heteroatoms. The Kier molecular flexibility index (Phi) is 2.69. The van der Waals surface area contributed by atoms with Crippen molar-refractivity contribution >= 4 is 44.7 Å². The first-order valence-corrected chi connectivity index (χ1v) is 7.74. The molecule has 3 rings (SSSR count). The van der Waals surface area contributed by atoms with Crippen LogP contribution < -0.4 is 0 Å². The summed E-state index contributed by atoms with van der Waals surface area (Å²) in [5, 5.41) is 0. The van der Waals surface area contributed by atoms with Gasteiger partial charge in [-0.3, -0.25) is 4.79 Å². The molecule has 0 aromatic carbocycles. The third-order valence-corrected chi connectivity index (χ3v) is 6.66. The van der Waals surface area contributed by atoms with Crippen molar-refractivity contribution in [2.24, 2.45) is 0 Å². The van der Waals surface area contributed by atoms with E-state index in [0.29, 0.717) is 0 Å². The minimum atomic E-state index is -0.0150. The summed E-state index contributed by atoms with van der Waals surface area (Å²) in [7, 11) is 0. The lowest BCUT2D eigenvalue weighted by Gasteiger charge is -2.35. The van der Waals surface area contributed by atoms with E-state index in [4.69, 9.17) is 11.6 Å². The van der Waals surface area contributed by atoms with E-state index in [9.17, 15) is 4.79 Å². The molecule has 86 valence electrons. The lowest BCUT2D eigenvalue weighted by molar-refractivity contribution is 0.0974. The summed E-state index contributed by atoms with van der Waals surface area (Å²) >= 11 is 11.3. The van der Waals surface area contributed by atoms with Gasteiger partial charge in [-0.25, -0.2) is 0 Å². The van der Waals surface area contributed by atoms with Crippen molar-refractivity contribution < 1.29 is 4.79 Å². The van der Waals surface area contributed by atoms with Gasteiger partial charge in [0.15, 0.2) is 5.78 Å². The second kappa shape index (κ2) is 3.82. The molecular formula is C12H12BrClOS. The number of thiophene rings is 1. The van der Waals surface area contributed by atoms with Gasteiger partial charge < -0.3 is 0 Å². The number of alkyl halides is 1. The smallest absolute Gasteiger partial charge is 0.178 e. The Hall–Kier alpha value is 0.140. The second-order valence-electron chi connectivity index (χ2n) is 4.74. The fraction of sp³-hybridized carbons (Fsp3) is 0.583. The molecule has 0 bridgehead atoms. The minimum absolute atomic E-state index is 0.0150. The lowest BCUT2D eigenvalue weighted by Crippen LogP contribution is -2.36. The second-order valence-corrected chi connectivity index (χ2v) is 7.34. The maximum absolute atomic E-state index is 12.2. The Balaban J connectivity index is 2.14. The van der Waals surface area contributed by atoms with E-state index in [2.05, 4.69) is 15.9 Å². The highest BCUT2D eigenvalue weighted by molar-refractivity contribution is 9.10. The minimum Gasteiger partial charge on any atom is -0.293 e. The van der Waals surface area contributed by atoms with E-state index < -0.39 is 0 Å². The number of hydrogen-bond donors (Lipinski definition) is 0. The van der Waals surface area contributed by atoms with Crippen molar-refractivity contribution in [2.75, 3.05) is 0 Å². The van der Waals surface area contributed by atoms with Crippen LogP contribution in [0.4, 0.5) is 0 Å². The summed E-state index contributed by atoms with van der Waals surface area (Å²) in [5.74, 6) is 0.236. The predicted molar refractivity (Wildman–Crippen MR) is 71.1 cm³/mol. The Morgan fingerprint density at radius 3 is 2.75 bits per heavy atom. The SMILES string of the molecule is O=C1c2cc(Cl)sc2C2(CCCCC2)C1Br. The third-order valence-electron chi connectivity index (χ3n) is 3.88. The van der Waals surface area contributed by atoms with Crippen LogP contribution in [0.1, 0.15) is 47.3 Å². The van der Waals surface area contributed by atoms with Crippen molar-refractivity contribution in [1.29, 1.82) is 0 Å². The Labute approximate surface area is 112 Å². The highest BCUT2D eigenvalue weighted by atomic mass is 79.9. The van der Waals surface area contributed by atoms with E-state index in [-0.39, 0.29) is 16.0 Å². The summed E-state index contributed by atoms with van der Waals surface area (Å²) in [6.07, 6.45) is 6.00. The molecule has 1 heterocycles. The van der Waals surface area contributed by atoms with Gasteiger partial charge in [-0.1, -0.05) is 46.8 Å². The van der Waals surface area contributed by atoms with Crippen LogP contribution in [0, 0.1) is 0 Å². The number of hydrogen-bond acceptors (Lipinski definition) is 2. The fourth-order valence-electron chi connectivity index (χ4n) is 3.08. The van der Waals surface area contributed by atoms with Gasteiger partial charge in [0.25, 0.3) is 0 Å². The van der Waals surface area contributed by atoms with Crippen LogP contribution in [0.15, 0.2) is 6.07 Å².